The van der Waals surface area contributed by atoms with Gasteiger partial charge in [0.15, 0.2) is 0 Å². The third kappa shape index (κ3) is 3.92. The number of methoxy groups -OCH3 is 1. The summed E-state index contributed by atoms with van der Waals surface area (Å²) in [5, 5.41) is -0.167. The maximum Gasteiger partial charge on any atom is 0.417 e. The van der Waals surface area contributed by atoms with E-state index in [1.165, 1.54) is 13.2 Å². The molecular weight excluding hydrogens is 255 g/mol. The van der Waals surface area contributed by atoms with Crippen LogP contribution in [0.25, 0.3) is 0 Å². The van der Waals surface area contributed by atoms with Crippen LogP contribution in [0.15, 0.2) is 23.4 Å². The number of hydrogen-bond acceptors (Lipinski definition) is 4. The van der Waals surface area contributed by atoms with Crippen LogP contribution in [0.5, 0.6) is 0 Å². The summed E-state index contributed by atoms with van der Waals surface area (Å²) >= 11 is 1.04. The second-order valence-corrected chi connectivity index (χ2v) is 4.53. The van der Waals surface area contributed by atoms with E-state index in [2.05, 4.69) is 9.72 Å². The molecule has 0 aromatic carbocycles. The highest BCUT2D eigenvalue weighted by Gasteiger charge is 2.30. The Balaban J connectivity index is 2.72. The van der Waals surface area contributed by atoms with E-state index in [0.29, 0.717) is 5.03 Å². The fourth-order valence-electron chi connectivity index (χ4n) is 1.01. The molecule has 17 heavy (non-hydrogen) atoms. The number of ether oxygens (including phenoxy) is 1. The quantitative estimate of drug-likeness (QED) is 0.622. The van der Waals surface area contributed by atoms with E-state index < -0.39 is 23.0 Å². The molecule has 7 heteroatoms. The normalized spacial score (nSPS) is 13.2. The molecule has 0 saturated heterocycles. The van der Waals surface area contributed by atoms with Gasteiger partial charge in [-0.2, -0.15) is 13.2 Å². The first-order chi connectivity index (χ1) is 7.84. The fraction of sp³-hybridized carbons (Fsp3) is 0.400. The molecule has 0 aliphatic carbocycles. The van der Waals surface area contributed by atoms with Crippen LogP contribution in [0.1, 0.15) is 12.5 Å². The summed E-state index contributed by atoms with van der Waals surface area (Å²) in [7, 11) is 1.25. The number of halogens is 3. The maximum absolute atomic E-state index is 12.2. The van der Waals surface area contributed by atoms with Crippen molar-refractivity contribution in [3.8, 4) is 0 Å². The monoisotopic (exact) mass is 265 g/mol. The Labute approximate surface area is 100 Å². The van der Waals surface area contributed by atoms with Gasteiger partial charge in [0.05, 0.1) is 17.7 Å². The number of pyridine rings is 1. The second-order valence-electron chi connectivity index (χ2n) is 3.17. The lowest BCUT2D eigenvalue weighted by atomic mass is 10.3. The van der Waals surface area contributed by atoms with Gasteiger partial charge in [0, 0.05) is 6.20 Å². The molecule has 0 saturated carbocycles. The van der Waals surface area contributed by atoms with E-state index in [9.17, 15) is 18.0 Å². The van der Waals surface area contributed by atoms with Gasteiger partial charge >= 0.3 is 12.1 Å². The van der Waals surface area contributed by atoms with E-state index in [1.807, 2.05) is 0 Å². The summed E-state index contributed by atoms with van der Waals surface area (Å²) in [6, 6.07) is 2.16. The first-order valence-electron chi connectivity index (χ1n) is 4.62. The number of thioether (sulfide) groups is 1. The van der Waals surface area contributed by atoms with Crippen molar-refractivity contribution >= 4 is 17.7 Å². The lowest BCUT2D eigenvalue weighted by Gasteiger charge is -2.09. The number of hydrogen-bond donors (Lipinski definition) is 0. The largest absolute Gasteiger partial charge is 0.468 e. The van der Waals surface area contributed by atoms with Crippen molar-refractivity contribution in [1.82, 2.24) is 4.98 Å². The Kier molecular flexibility index (Phi) is 4.39. The molecule has 0 aliphatic rings. The molecule has 0 aliphatic heterocycles. The Morgan fingerprint density at radius 1 is 1.47 bits per heavy atom. The third-order valence-corrected chi connectivity index (χ3v) is 2.92. The van der Waals surface area contributed by atoms with Crippen molar-refractivity contribution in [2.24, 2.45) is 0 Å². The molecule has 3 nitrogen and oxygen atoms in total. The Bertz CT molecular complexity index is 392. The molecule has 0 fully saturated rings. The number of rotatable bonds is 3. The van der Waals surface area contributed by atoms with Gasteiger partial charge in [-0.25, -0.2) is 4.98 Å². The average Bonchev–Trinajstić information content (AvgIpc) is 2.27. The van der Waals surface area contributed by atoms with Crippen LogP contribution in [-0.2, 0) is 15.7 Å². The third-order valence-electron chi connectivity index (χ3n) is 1.89. The first-order valence-corrected chi connectivity index (χ1v) is 5.50. The Morgan fingerprint density at radius 3 is 2.53 bits per heavy atom. The molecule has 0 N–H and O–H groups in total. The van der Waals surface area contributed by atoms with Gasteiger partial charge in [-0.3, -0.25) is 4.79 Å². The Hall–Kier alpha value is -1.24. The van der Waals surface area contributed by atoms with Crippen molar-refractivity contribution in [2.75, 3.05) is 7.11 Å². The topological polar surface area (TPSA) is 39.2 Å². The van der Waals surface area contributed by atoms with Crippen LogP contribution in [0.4, 0.5) is 13.2 Å². The summed E-state index contributed by atoms with van der Waals surface area (Å²) < 4.78 is 41.2. The summed E-state index contributed by atoms with van der Waals surface area (Å²) in [5.74, 6) is -0.448. The zero-order chi connectivity index (χ0) is 13.1. The zero-order valence-electron chi connectivity index (χ0n) is 9.12. The molecule has 0 radical (unpaired) electrons. The molecule has 1 aromatic heterocycles. The first kappa shape index (κ1) is 13.8. The molecule has 1 unspecified atom stereocenters. The summed E-state index contributed by atoms with van der Waals surface area (Å²) in [5.41, 5.74) is -0.812. The lowest BCUT2D eigenvalue weighted by molar-refractivity contribution is -0.140. The predicted octanol–water partition coefficient (Wildman–Crippen LogP) is 2.75. The molecule has 94 valence electrons. The molecule has 1 aromatic rings. The smallest absolute Gasteiger partial charge is 0.417 e. The standard InChI is InChI=1S/C10H10F3NO2S/c1-6(9(15)16-2)17-8-4-3-7(5-14-8)10(11,12)13/h3-6H,1-2H3. The summed E-state index contributed by atoms with van der Waals surface area (Å²) in [4.78, 5) is 14.7. The summed E-state index contributed by atoms with van der Waals surface area (Å²) in [6.45, 7) is 1.59. The number of alkyl halides is 3. The SMILES string of the molecule is COC(=O)C(C)Sc1ccc(C(F)(F)F)cn1. The van der Waals surface area contributed by atoms with Crippen molar-refractivity contribution < 1.29 is 22.7 Å². The van der Waals surface area contributed by atoms with Gasteiger partial charge in [-0.15, -0.1) is 0 Å². The number of nitrogens with zero attached hydrogens (tertiary/aromatic N) is 1. The lowest BCUT2D eigenvalue weighted by Crippen LogP contribution is -2.14. The number of carbonyl (C=O) groups is 1. The zero-order valence-corrected chi connectivity index (χ0v) is 9.93. The average molecular weight is 265 g/mol. The Morgan fingerprint density at radius 2 is 2.12 bits per heavy atom. The molecule has 1 heterocycles. The van der Waals surface area contributed by atoms with Crippen LogP contribution in [-0.4, -0.2) is 23.3 Å². The van der Waals surface area contributed by atoms with Gasteiger partial charge < -0.3 is 4.74 Å². The van der Waals surface area contributed by atoms with Crippen molar-refractivity contribution in [2.45, 2.75) is 23.4 Å². The van der Waals surface area contributed by atoms with E-state index in [0.717, 1.165) is 24.0 Å². The highest BCUT2D eigenvalue weighted by atomic mass is 32.2. The van der Waals surface area contributed by atoms with Gasteiger partial charge in [0.25, 0.3) is 0 Å². The second kappa shape index (κ2) is 5.39. The molecule has 1 atom stereocenters. The van der Waals surface area contributed by atoms with Gasteiger partial charge in [0.2, 0.25) is 0 Å². The van der Waals surface area contributed by atoms with Crippen molar-refractivity contribution in [3.63, 3.8) is 0 Å². The van der Waals surface area contributed by atoms with E-state index >= 15 is 0 Å². The number of carbonyl (C=O) groups excluding carboxylic acids is 1. The molecular formula is C10H10F3NO2S. The number of aromatic nitrogens is 1. The van der Waals surface area contributed by atoms with Crippen LogP contribution in [0.3, 0.4) is 0 Å². The van der Waals surface area contributed by atoms with Crippen molar-refractivity contribution in [1.29, 1.82) is 0 Å². The molecule has 0 amide bonds. The molecule has 0 spiro atoms. The van der Waals surface area contributed by atoms with Gasteiger partial charge in [-0.1, -0.05) is 11.8 Å². The van der Waals surface area contributed by atoms with Crippen LogP contribution >= 0.6 is 11.8 Å². The fourth-order valence-corrected chi connectivity index (χ4v) is 1.83. The van der Waals surface area contributed by atoms with Crippen LogP contribution < -0.4 is 0 Å². The summed E-state index contributed by atoms with van der Waals surface area (Å²) in [6.07, 6.45) is -3.66. The van der Waals surface area contributed by atoms with E-state index in [-0.39, 0.29) is 0 Å². The minimum atomic E-state index is -4.40. The number of esters is 1. The molecule has 1 rings (SSSR count). The van der Waals surface area contributed by atoms with E-state index in [1.54, 1.807) is 6.92 Å². The minimum Gasteiger partial charge on any atom is -0.468 e. The van der Waals surface area contributed by atoms with Gasteiger partial charge in [0.1, 0.15) is 5.25 Å². The minimum absolute atomic E-state index is 0.343. The maximum atomic E-state index is 12.2. The predicted molar refractivity (Wildman–Crippen MR) is 56.6 cm³/mol. The van der Waals surface area contributed by atoms with Crippen LogP contribution in [0.2, 0.25) is 0 Å². The van der Waals surface area contributed by atoms with Crippen molar-refractivity contribution in [3.05, 3.63) is 23.9 Å². The highest BCUT2D eigenvalue weighted by Crippen LogP contribution is 2.30. The van der Waals surface area contributed by atoms with Crippen LogP contribution in [0, 0.1) is 0 Å². The highest BCUT2D eigenvalue weighted by molar-refractivity contribution is 8.00. The molecule has 0 bridgehead atoms. The van der Waals surface area contributed by atoms with E-state index in [4.69, 9.17) is 0 Å². The van der Waals surface area contributed by atoms with Gasteiger partial charge in [-0.05, 0) is 19.1 Å².